The number of anilines is 1. The SMILES string of the molecule is CCOC(=O)NCCCOCCOCCOCCCNC(=O)c1ccc(N)nc1. The van der Waals surface area contributed by atoms with Crippen LogP contribution in [0.4, 0.5) is 10.6 Å². The molecule has 10 heteroatoms. The lowest BCUT2D eigenvalue weighted by atomic mass is 10.2. The highest BCUT2D eigenvalue weighted by Gasteiger charge is 2.04. The fourth-order valence-electron chi connectivity index (χ4n) is 2.11. The van der Waals surface area contributed by atoms with Crippen molar-refractivity contribution in [3.63, 3.8) is 0 Å². The number of nitrogens with one attached hydrogen (secondary N) is 2. The van der Waals surface area contributed by atoms with Gasteiger partial charge in [-0.05, 0) is 31.9 Å². The highest BCUT2D eigenvalue weighted by molar-refractivity contribution is 5.93. The maximum Gasteiger partial charge on any atom is 0.407 e. The zero-order valence-corrected chi connectivity index (χ0v) is 17.0. The minimum absolute atomic E-state index is 0.183. The Kier molecular flexibility index (Phi) is 14.0. The van der Waals surface area contributed by atoms with Crippen molar-refractivity contribution in [3.05, 3.63) is 23.9 Å². The standard InChI is InChI=1S/C19H32N4O6/c1-2-29-19(25)22-8-4-10-27-12-14-28-13-11-26-9-3-7-21-18(24)16-5-6-17(20)23-15-16/h5-6,15H,2-4,7-14H2,1H3,(H2,20,23)(H,21,24)(H,22,25). The molecule has 0 aromatic carbocycles. The van der Waals surface area contributed by atoms with Gasteiger partial charge in [-0.15, -0.1) is 0 Å². The summed E-state index contributed by atoms with van der Waals surface area (Å²) in [6, 6.07) is 3.22. The van der Waals surface area contributed by atoms with Crippen LogP contribution in [-0.2, 0) is 18.9 Å². The minimum Gasteiger partial charge on any atom is -0.450 e. The van der Waals surface area contributed by atoms with Gasteiger partial charge in [-0.1, -0.05) is 0 Å². The Bertz CT molecular complexity index is 570. The smallest absolute Gasteiger partial charge is 0.407 e. The Balaban J connectivity index is 1.80. The summed E-state index contributed by atoms with van der Waals surface area (Å²) in [5.74, 6) is 0.199. The zero-order valence-electron chi connectivity index (χ0n) is 17.0. The number of hydrogen-bond donors (Lipinski definition) is 3. The van der Waals surface area contributed by atoms with Gasteiger partial charge < -0.3 is 35.3 Å². The largest absolute Gasteiger partial charge is 0.450 e. The number of nitrogens with zero attached hydrogens (tertiary/aromatic N) is 1. The van der Waals surface area contributed by atoms with Crippen LogP contribution in [0, 0.1) is 0 Å². The number of pyridine rings is 1. The van der Waals surface area contributed by atoms with Crippen LogP contribution < -0.4 is 16.4 Å². The van der Waals surface area contributed by atoms with Crippen molar-refractivity contribution in [2.45, 2.75) is 19.8 Å². The normalized spacial score (nSPS) is 10.5. The molecule has 0 aliphatic rings. The van der Waals surface area contributed by atoms with Gasteiger partial charge in [-0.2, -0.15) is 0 Å². The van der Waals surface area contributed by atoms with Crippen LogP contribution in [0.25, 0.3) is 0 Å². The van der Waals surface area contributed by atoms with Gasteiger partial charge in [0, 0.05) is 32.5 Å². The fraction of sp³-hybridized carbons (Fsp3) is 0.632. The lowest BCUT2D eigenvalue weighted by molar-refractivity contribution is 0.0138. The number of alkyl carbamates (subject to hydrolysis) is 1. The van der Waals surface area contributed by atoms with E-state index in [-0.39, 0.29) is 5.91 Å². The summed E-state index contributed by atoms with van der Waals surface area (Å²) in [6.07, 6.45) is 2.46. The van der Waals surface area contributed by atoms with Crippen LogP contribution in [0.2, 0.25) is 0 Å². The molecule has 2 amide bonds. The third-order valence-electron chi connectivity index (χ3n) is 3.55. The Labute approximate surface area is 171 Å². The van der Waals surface area contributed by atoms with Crippen LogP contribution >= 0.6 is 0 Å². The molecule has 1 rings (SSSR count). The van der Waals surface area contributed by atoms with Crippen molar-refractivity contribution in [3.8, 4) is 0 Å². The van der Waals surface area contributed by atoms with E-state index >= 15 is 0 Å². The first-order valence-corrected chi connectivity index (χ1v) is 9.77. The molecule has 0 atom stereocenters. The summed E-state index contributed by atoms with van der Waals surface area (Å²) in [6.45, 7) is 6.19. The second-order valence-electron chi connectivity index (χ2n) is 5.92. The monoisotopic (exact) mass is 412 g/mol. The van der Waals surface area contributed by atoms with Gasteiger partial charge >= 0.3 is 6.09 Å². The van der Waals surface area contributed by atoms with Crippen molar-refractivity contribution in [2.75, 3.05) is 65.1 Å². The molecule has 1 aromatic rings. The molecule has 1 aromatic heterocycles. The predicted octanol–water partition coefficient (Wildman–Crippen LogP) is 0.970. The van der Waals surface area contributed by atoms with Gasteiger partial charge in [0.2, 0.25) is 0 Å². The van der Waals surface area contributed by atoms with Gasteiger partial charge in [0.25, 0.3) is 5.91 Å². The number of carbonyl (C=O) groups excluding carboxylic acids is 2. The summed E-state index contributed by atoms with van der Waals surface area (Å²) in [5, 5.41) is 5.41. The van der Waals surface area contributed by atoms with E-state index in [1.807, 2.05) is 0 Å². The van der Waals surface area contributed by atoms with E-state index in [0.717, 1.165) is 0 Å². The van der Waals surface area contributed by atoms with E-state index in [2.05, 4.69) is 15.6 Å². The topological polar surface area (TPSA) is 134 Å². The number of aromatic nitrogens is 1. The lowest BCUT2D eigenvalue weighted by Gasteiger charge is -2.08. The number of amides is 2. The molecule has 0 fully saturated rings. The molecule has 0 spiro atoms. The second kappa shape index (κ2) is 16.5. The third-order valence-corrected chi connectivity index (χ3v) is 3.55. The van der Waals surface area contributed by atoms with Crippen molar-refractivity contribution < 1.29 is 28.5 Å². The first-order valence-electron chi connectivity index (χ1n) is 9.77. The first-order chi connectivity index (χ1) is 14.1. The van der Waals surface area contributed by atoms with Gasteiger partial charge in [0.1, 0.15) is 5.82 Å². The van der Waals surface area contributed by atoms with Crippen molar-refractivity contribution in [1.29, 1.82) is 0 Å². The molecule has 0 radical (unpaired) electrons. The van der Waals surface area contributed by atoms with Gasteiger partial charge in [-0.25, -0.2) is 9.78 Å². The molecule has 10 nitrogen and oxygen atoms in total. The first kappa shape index (κ1) is 24.6. The highest BCUT2D eigenvalue weighted by Crippen LogP contribution is 2.00. The van der Waals surface area contributed by atoms with E-state index in [1.165, 1.54) is 6.20 Å². The third kappa shape index (κ3) is 13.4. The number of nitrogen functional groups attached to an aromatic ring is 1. The summed E-state index contributed by atoms with van der Waals surface area (Å²) in [7, 11) is 0. The summed E-state index contributed by atoms with van der Waals surface area (Å²) >= 11 is 0. The van der Waals surface area contributed by atoms with Gasteiger partial charge in [0.05, 0.1) is 38.6 Å². The van der Waals surface area contributed by atoms with E-state index in [9.17, 15) is 9.59 Å². The second-order valence-corrected chi connectivity index (χ2v) is 5.92. The molecular weight excluding hydrogens is 380 g/mol. The van der Waals surface area contributed by atoms with Crippen LogP contribution in [0.3, 0.4) is 0 Å². The minimum atomic E-state index is -0.405. The Morgan fingerprint density at radius 2 is 1.52 bits per heavy atom. The summed E-state index contributed by atoms with van der Waals surface area (Å²) in [4.78, 5) is 26.8. The van der Waals surface area contributed by atoms with Crippen molar-refractivity contribution in [2.24, 2.45) is 0 Å². The van der Waals surface area contributed by atoms with Crippen LogP contribution in [-0.4, -0.2) is 76.3 Å². The maximum atomic E-state index is 11.8. The lowest BCUT2D eigenvalue weighted by Crippen LogP contribution is -2.26. The zero-order chi connectivity index (χ0) is 21.2. The van der Waals surface area contributed by atoms with Gasteiger partial charge in [-0.3, -0.25) is 4.79 Å². The molecule has 0 unspecified atom stereocenters. The van der Waals surface area contributed by atoms with E-state index in [1.54, 1.807) is 19.1 Å². The fourth-order valence-corrected chi connectivity index (χ4v) is 2.11. The number of carbonyl (C=O) groups is 2. The molecule has 0 aliphatic heterocycles. The van der Waals surface area contributed by atoms with Crippen molar-refractivity contribution >= 4 is 17.8 Å². The molecule has 0 aliphatic carbocycles. The van der Waals surface area contributed by atoms with Crippen LogP contribution in [0.5, 0.6) is 0 Å². The van der Waals surface area contributed by atoms with Gasteiger partial charge in [0.15, 0.2) is 0 Å². The van der Waals surface area contributed by atoms with E-state index in [0.29, 0.717) is 83.6 Å². The van der Waals surface area contributed by atoms with Crippen LogP contribution in [0.1, 0.15) is 30.1 Å². The molecule has 0 saturated heterocycles. The molecule has 4 N–H and O–H groups in total. The highest BCUT2D eigenvalue weighted by atomic mass is 16.5. The van der Waals surface area contributed by atoms with E-state index in [4.69, 9.17) is 24.7 Å². The average Bonchev–Trinajstić information content (AvgIpc) is 2.71. The quantitative estimate of drug-likeness (QED) is 0.342. The molecule has 164 valence electrons. The molecule has 29 heavy (non-hydrogen) atoms. The Hall–Kier alpha value is -2.43. The Morgan fingerprint density at radius 3 is 2.07 bits per heavy atom. The number of ether oxygens (including phenoxy) is 4. The number of rotatable bonds is 16. The maximum absolute atomic E-state index is 11.8. The predicted molar refractivity (Wildman–Crippen MR) is 108 cm³/mol. The van der Waals surface area contributed by atoms with E-state index < -0.39 is 6.09 Å². The molecular formula is C19H32N4O6. The molecule has 1 heterocycles. The summed E-state index contributed by atoms with van der Waals surface area (Å²) in [5.41, 5.74) is 5.96. The van der Waals surface area contributed by atoms with Crippen LogP contribution in [0.15, 0.2) is 18.3 Å². The number of hydrogen-bond acceptors (Lipinski definition) is 8. The van der Waals surface area contributed by atoms with Crippen molar-refractivity contribution in [1.82, 2.24) is 15.6 Å². The summed E-state index contributed by atoms with van der Waals surface area (Å²) < 4.78 is 21.0. The molecule has 0 bridgehead atoms. The Morgan fingerprint density at radius 1 is 0.931 bits per heavy atom. The number of nitrogens with two attached hydrogens (primary N) is 1. The average molecular weight is 412 g/mol. The molecule has 0 saturated carbocycles.